The highest BCUT2D eigenvalue weighted by Crippen LogP contribution is 2.25. The molecule has 0 fully saturated rings. The van der Waals surface area contributed by atoms with Crippen LogP contribution in [0.15, 0.2) is 48.7 Å². The van der Waals surface area contributed by atoms with Crippen LogP contribution in [0.4, 0.5) is 0 Å². The minimum atomic E-state index is 0.0542. The molecule has 0 aliphatic heterocycles. The van der Waals surface area contributed by atoms with Gasteiger partial charge in [-0.25, -0.2) is 0 Å². The van der Waals surface area contributed by atoms with Gasteiger partial charge in [0.2, 0.25) is 5.91 Å². The van der Waals surface area contributed by atoms with E-state index in [1.165, 1.54) is 10.9 Å². The van der Waals surface area contributed by atoms with Gasteiger partial charge in [-0.15, -0.1) is 0 Å². The van der Waals surface area contributed by atoms with E-state index < -0.39 is 0 Å². The lowest BCUT2D eigenvalue weighted by Crippen LogP contribution is -2.27. The molecule has 1 N–H and O–H groups in total. The molecule has 0 unspecified atom stereocenters. The smallest absolute Gasteiger partial charge is 0.220 e. The van der Waals surface area contributed by atoms with Gasteiger partial charge in [0.05, 0.1) is 6.61 Å². The van der Waals surface area contributed by atoms with Crippen molar-refractivity contribution in [2.75, 3.05) is 13.2 Å². The molecule has 142 valence electrons. The minimum absolute atomic E-state index is 0.0542. The van der Waals surface area contributed by atoms with Crippen LogP contribution in [-0.4, -0.2) is 23.6 Å². The first-order valence-electron chi connectivity index (χ1n) is 9.25. The molecule has 1 heterocycles. The number of aryl methyl sites for hydroxylation is 2. The van der Waals surface area contributed by atoms with Gasteiger partial charge in [-0.05, 0) is 61.0 Å². The van der Waals surface area contributed by atoms with Gasteiger partial charge >= 0.3 is 0 Å². The van der Waals surface area contributed by atoms with Crippen molar-refractivity contribution in [3.8, 4) is 5.75 Å². The van der Waals surface area contributed by atoms with Gasteiger partial charge < -0.3 is 14.6 Å². The van der Waals surface area contributed by atoms with Gasteiger partial charge in [0.1, 0.15) is 5.75 Å². The fraction of sp³-hybridized carbons (Fsp3) is 0.318. The van der Waals surface area contributed by atoms with Crippen molar-refractivity contribution in [3.05, 3.63) is 64.8 Å². The Balaban J connectivity index is 1.36. The molecule has 5 heteroatoms. The number of ether oxygens (including phenoxy) is 1. The molecular formula is C22H25ClN2O2. The van der Waals surface area contributed by atoms with Crippen molar-refractivity contribution < 1.29 is 9.53 Å². The summed E-state index contributed by atoms with van der Waals surface area (Å²) in [4.78, 5) is 12.0. The Kier molecular flexibility index (Phi) is 6.40. The van der Waals surface area contributed by atoms with Gasteiger partial charge in [-0.3, -0.25) is 4.79 Å². The summed E-state index contributed by atoms with van der Waals surface area (Å²) in [6, 6.07) is 14.2. The average molecular weight is 385 g/mol. The molecule has 3 rings (SSSR count). The van der Waals surface area contributed by atoms with Crippen molar-refractivity contribution in [3.63, 3.8) is 0 Å². The first-order chi connectivity index (χ1) is 13.0. The number of rotatable bonds is 8. The molecule has 0 saturated carbocycles. The van der Waals surface area contributed by atoms with Crippen LogP contribution < -0.4 is 10.1 Å². The third-order valence-corrected chi connectivity index (χ3v) is 5.18. The fourth-order valence-electron chi connectivity index (χ4n) is 3.15. The third kappa shape index (κ3) is 5.04. The number of hydrogen-bond acceptors (Lipinski definition) is 2. The zero-order valence-electron chi connectivity index (χ0n) is 15.8. The van der Waals surface area contributed by atoms with Crippen LogP contribution in [0.2, 0.25) is 5.02 Å². The summed E-state index contributed by atoms with van der Waals surface area (Å²) in [5.41, 5.74) is 3.19. The Hall–Kier alpha value is -2.46. The van der Waals surface area contributed by atoms with Gasteiger partial charge in [-0.2, -0.15) is 0 Å². The number of carbonyl (C=O) groups is 1. The number of carbonyl (C=O) groups excluding carboxylic acids is 1. The maximum atomic E-state index is 12.0. The summed E-state index contributed by atoms with van der Waals surface area (Å²) in [7, 11) is 0. The molecule has 0 atom stereocenters. The van der Waals surface area contributed by atoms with Crippen molar-refractivity contribution in [1.82, 2.24) is 9.88 Å². The van der Waals surface area contributed by atoms with Gasteiger partial charge in [-0.1, -0.05) is 29.8 Å². The van der Waals surface area contributed by atoms with Crippen LogP contribution in [0, 0.1) is 13.8 Å². The summed E-state index contributed by atoms with van der Waals surface area (Å²) in [5, 5.41) is 4.97. The van der Waals surface area contributed by atoms with E-state index in [-0.39, 0.29) is 5.91 Å². The molecule has 0 spiro atoms. The number of halogens is 1. The van der Waals surface area contributed by atoms with Crippen LogP contribution in [0.3, 0.4) is 0 Å². The zero-order chi connectivity index (χ0) is 19.2. The van der Waals surface area contributed by atoms with E-state index in [1.807, 2.05) is 38.1 Å². The minimum Gasteiger partial charge on any atom is -0.494 e. The molecule has 0 saturated heterocycles. The molecule has 0 radical (unpaired) electrons. The summed E-state index contributed by atoms with van der Waals surface area (Å²) < 4.78 is 7.90. The molecule has 0 aliphatic rings. The molecule has 3 aromatic rings. The average Bonchev–Trinajstić information content (AvgIpc) is 3.06. The van der Waals surface area contributed by atoms with E-state index in [4.69, 9.17) is 16.3 Å². The first kappa shape index (κ1) is 19.3. The predicted octanol–water partition coefficient (Wildman–Crippen LogP) is 4.89. The highest BCUT2D eigenvalue weighted by Gasteiger charge is 2.05. The SMILES string of the molecule is Cc1cc(OCCCC(=O)NCCn2ccc3ccccc32)cc(C)c1Cl. The summed E-state index contributed by atoms with van der Waals surface area (Å²) in [5.74, 6) is 0.854. The maximum absolute atomic E-state index is 12.0. The largest absolute Gasteiger partial charge is 0.494 e. The van der Waals surface area contributed by atoms with E-state index in [0.29, 0.717) is 26.0 Å². The number of nitrogens with zero attached hydrogens (tertiary/aromatic N) is 1. The van der Waals surface area contributed by atoms with Crippen LogP contribution in [0.1, 0.15) is 24.0 Å². The summed E-state index contributed by atoms with van der Waals surface area (Å²) in [6.45, 7) is 5.82. The standard InChI is InChI=1S/C22H25ClN2O2/c1-16-14-19(15-17(2)22(16)23)27-13-5-8-21(26)24-10-12-25-11-9-18-6-3-4-7-20(18)25/h3-4,6-7,9,11,14-15H,5,8,10,12-13H2,1-2H3,(H,24,26). The predicted molar refractivity (Wildman–Crippen MR) is 111 cm³/mol. The monoisotopic (exact) mass is 384 g/mol. The van der Waals surface area contributed by atoms with E-state index in [0.717, 1.165) is 28.4 Å². The molecule has 2 aromatic carbocycles. The molecule has 0 bridgehead atoms. The van der Waals surface area contributed by atoms with Crippen molar-refractivity contribution in [1.29, 1.82) is 0 Å². The van der Waals surface area contributed by atoms with E-state index in [2.05, 4.69) is 34.3 Å². The highest BCUT2D eigenvalue weighted by atomic mass is 35.5. The molecule has 4 nitrogen and oxygen atoms in total. The second-order valence-electron chi connectivity index (χ2n) is 6.74. The lowest BCUT2D eigenvalue weighted by Gasteiger charge is -2.10. The number of fused-ring (bicyclic) bond motifs is 1. The van der Waals surface area contributed by atoms with Crippen molar-refractivity contribution in [2.45, 2.75) is 33.2 Å². The number of hydrogen-bond donors (Lipinski definition) is 1. The fourth-order valence-corrected chi connectivity index (χ4v) is 3.26. The number of nitrogens with one attached hydrogen (secondary N) is 1. The lowest BCUT2D eigenvalue weighted by atomic mass is 10.1. The van der Waals surface area contributed by atoms with Crippen molar-refractivity contribution in [2.24, 2.45) is 0 Å². The molecule has 1 amide bonds. The highest BCUT2D eigenvalue weighted by molar-refractivity contribution is 6.32. The summed E-state index contributed by atoms with van der Waals surface area (Å²) >= 11 is 6.16. The molecule has 0 aliphatic carbocycles. The van der Waals surface area contributed by atoms with Crippen LogP contribution in [-0.2, 0) is 11.3 Å². The van der Waals surface area contributed by atoms with Gasteiger partial charge in [0, 0.05) is 36.2 Å². The normalized spacial score (nSPS) is 10.9. The summed E-state index contributed by atoms with van der Waals surface area (Å²) in [6.07, 6.45) is 3.19. The van der Waals surface area contributed by atoms with E-state index >= 15 is 0 Å². The van der Waals surface area contributed by atoms with Gasteiger partial charge in [0.25, 0.3) is 0 Å². The van der Waals surface area contributed by atoms with Crippen LogP contribution in [0.5, 0.6) is 5.75 Å². The Bertz CT molecular complexity index is 910. The Morgan fingerprint density at radius 1 is 1.15 bits per heavy atom. The van der Waals surface area contributed by atoms with Crippen molar-refractivity contribution >= 4 is 28.4 Å². The number of aromatic nitrogens is 1. The third-order valence-electron chi connectivity index (χ3n) is 4.58. The Morgan fingerprint density at radius 3 is 2.67 bits per heavy atom. The molecule has 27 heavy (non-hydrogen) atoms. The Labute approximate surface area is 165 Å². The number of benzene rings is 2. The number of para-hydroxylation sites is 1. The molecule has 1 aromatic heterocycles. The zero-order valence-corrected chi connectivity index (χ0v) is 16.6. The number of amides is 1. The van der Waals surface area contributed by atoms with Crippen LogP contribution in [0.25, 0.3) is 10.9 Å². The van der Waals surface area contributed by atoms with Crippen LogP contribution >= 0.6 is 11.6 Å². The first-order valence-corrected chi connectivity index (χ1v) is 9.62. The van der Waals surface area contributed by atoms with E-state index in [9.17, 15) is 4.79 Å². The van der Waals surface area contributed by atoms with E-state index in [1.54, 1.807) is 0 Å². The lowest BCUT2D eigenvalue weighted by molar-refractivity contribution is -0.121. The van der Waals surface area contributed by atoms with Gasteiger partial charge in [0.15, 0.2) is 0 Å². The topological polar surface area (TPSA) is 43.3 Å². The maximum Gasteiger partial charge on any atom is 0.220 e. The quantitative estimate of drug-likeness (QED) is 0.562. The second kappa shape index (κ2) is 8.96. The Morgan fingerprint density at radius 2 is 1.89 bits per heavy atom. The molecular weight excluding hydrogens is 360 g/mol. The second-order valence-corrected chi connectivity index (χ2v) is 7.12.